The Labute approximate surface area is 112 Å². The van der Waals surface area contributed by atoms with Crippen LogP contribution in [0.2, 0.25) is 0 Å². The van der Waals surface area contributed by atoms with Gasteiger partial charge < -0.3 is 15.5 Å². The predicted octanol–water partition coefficient (Wildman–Crippen LogP) is 2.53. The summed E-state index contributed by atoms with van der Waals surface area (Å²) in [5.41, 5.74) is 6.44. The lowest BCUT2D eigenvalue weighted by molar-refractivity contribution is 0.517. The number of hydrogen-bond donors (Lipinski definition) is 2. The molecule has 17 heavy (non-hydrogen) atoms. The van der Waals surface area contributed by atoms with E-state index < -0.39 is 0 Å². The van der Waals surface area contributed by atoms with Crippen LogP contribution in [0.1, 0.15) is 12.7 Å². The van der Waals surface area contributed by atoms with Crippen LogP contribution in [0.25, 0.3) is 0 Å². The third-order valence-corrected chi connectivity index (χ3v) is 2.12. The number of nitrogens with zero attached hydrogens (tertiary/aromatic N) is 2. The summed E-state index contributed by atoms with van der Waals surface area (Å²) < 4.78 is 6.98. The molecule has 0 amide bonds. The summed E-state index contributed by atoms with van der Waals surface area (Å²) >= 11 is 0. The molecule has 0 bridgehead atoms. The van der Waals surface area contributed by atoms with Crippen molar-refractivity contribution in [3.63, 3.8) is 0 Å². The molecule has 7 heteroatoms. The summed E-state index contributed by atoms with van der Waals surface area (Å²) in [6.45, 7) is 3.42. The zero-order valence-electron chi connectivity index (χ0n) is 9.42. The van der Waals surface area contributed by atoms with Gasteiger partial charge in [-0.05, 0) is 19.1 Å². The molecule has 0 aliphatic rings. The molecule has 0 aromatic carbocycles. The van der Waals surface area contributed by atoms with Crippen molar-refractivity contribution in [1.82, 2.24) is 9.78 Å². The molecule has 2 aromatic rings. The van der Waals surface area contributed by atoms with Crippen LogP contribution < -0.4 is 11.1 Å². The van der Waals surface area contributed by atoms with Crippen LogP contribution in [0, 0.1) is 0 Å². The highest BCUT2D eigenvalue weighted by Crippen LogP contribution is 2.16. The van der Waals surface area contributed by atoms with Gasteiger partial charge in [0.15, 0.2) is 5.82 Å². The molecule has 0 radical (unpaired) electrons. The van der Waals surface area contributed by atoms with Gasteiger partial charge in [-0.25, -0.2) is 0 Å². The van der Waals surface area contributed by atoms with E-state index in [9.17, 15) is 0 Å². The fourth-order valence-electron chi connectivity index (χ4n) is 1.32. The molecule has 0 aliphatic heterocycles. The standard InChI is InChI=1S/C10H14N4O.2ClH/c1-2-14-7-9(11)10(13-14)12-6-8-4-3-5-15-8;;/h3-5,7H,2,6,11H2,1H3,(H,12,13);2*1H. The molecule has 3 N–H and O–H groups in total. The Morgan fingerprint density at radius 2 is 2.24 bits per heavy atom. The number of nitrogens with one attached hydrogen (secondary N) is 1. The number of aromatic nitrogens is 2. The van der Waals surface area contributed by atoms with Crippen molar-refractivity contribution in [2.24, 2.45) is 0 Å². The Morgan fingerprint density at radius 1 is 1.47 bits per heavy atom. The Morgan fingerprint density at radius 3 is 2.76 bits per heavy atom. The van der Waals surface area contributed by atoms with Gasteiger partial charge >= 0.3 is 0 Å². The monoisotopic (exact) mass is 278 g/mol. The van der Waals surface area contributed by atoms with Crippen LogP contribution in [0.3, 0.4) is 0 Å². The number of rotatable bonds is 4. The van der Waals surface area contributed by atoms with Gasteiger partial charge in [0.05, 0.1) is 24.7 Å². The minimum atomic E-state index is 0. The zero-order chi connectivity index (χ0) is 10.7. The van der Waals surface area contributed by atoms with E-state index in [4.69, 9.17) is 10.2 Å². The molecule has 0 aliphatic carbocycles. The minimum Gasteiger partial charge on any atom is -0.467 e. The van der Waals surface area contributed by atoms with Crippen LogP contribution in [-0.2, 0) is 13.1 Å². The van der Waals surface area contributed by atoms with Crippen LogP contribution in [-0.4, -0.2) is 9.78 Å². The van der Waals surface area contributed by atoms with E-state index in [-0.39, 0.29) is 24.8 Å². The van der Waals surface area contributed by atoms with Gasteiger partial charge in [0, 0.05) is 6.54 Å². The van der Waals surface area contributed by atoms with Gasteiger partial charge in [-0.3, -0.25) is 4.68 Å². The van der Waals surface area contributed by atoms with Gasteiger partial charge in [0.25, 0.3) is 0 Å². The first kappa shape index (κ1) is 15.7. The maximum absolute atomic E-state index is 5.78. The first-order chi connectivity index (χ1) is 7.29. The number of nitrogens with two attached hydrogens (primary N) is 1. The van der Waals surface area contributed by atoms with Crippen LogP contribution in [0.4, 0.5) is 11.5 Å². The van der Waals surface area contributed by atoms with Crippen LogP contribution in [0.15, 0.2) is 29.0 Å². The van der Waals surface area contributed by atoms with Crippen LogP contribution in [0.5, 0.6) is 0 Å². The summed E-state index contributed by atoms with van der Waals surface area (Å²) in [6, 6.07) is 3.75. The number of halogens is 2. The van der Waals surface area contributed by atoms with E-state index >= 15 is 0 Å². The molecule has 0 unspecified atom stereocenters. The molecular weight excluding hydrogens is 263 g/mol. The molecule has 0 atom stereocenters. The van der Waals surface area contributed by atoms with E-state index in [1.165, 1.54) is 0 Å². The van der Waals surface area contributed by atoms with Crippen molar-refractivity contribution in [3.05, 3.63) is 30.4 Å². The second kappa shape index (κ2) is 7.09. The van der Waals surface area contributed by atoms with Gasteiger partial charge in [0.2, 0.25) is 0 Å². The van der Waals surface area contributed by atoms with Crippen molar-refractivity contribution in [2.75, 3.05) is 11.1 Å². The van der Waals surface area contributed by atoms with Crippen molar-refractivity contribution in [3.8, 4) is 0 Å². The van der Waals surface area contributed by atoms with E-state index in [1.54, 1.807) is 10.9 Å². The van der Waals surface area contributed by atoms with E-state index in [1.807, 2.05) is 25.3 Å². The average molecular weight is 279 g/mol. The van der Waals surface area contributed by atoms with Gasteiger partial charge in [-0.15, -0.1) is 24.8 Å². The number of furan rings is 1. The molecule has 0 saturated heterocycles. The molecule has 0 saturated carbocycles. The molecule has 2 rings (SSSR count). The molecule has 96 valence electrons. The normalized spacial score (nSPS) is 9.24. The predicted molar refractivity (Wildman–Crippen MR) is 72.8 cm³/mol. The molecular formula is C10H16Cl2N4O. The highest BCUT2D eigenvalue weighted by molar-refractivity contribution is 5.85. The number of aryl methyl sites for hydroxylation is 1. The number of anilines is 2. The van der Waals surface area contributed by atoms with Crippen molar-refractivity contribution in [2.45, 2.75) is 20.0 Å². The maximum Gasteiger partial charge on any atom is 0.171 e. The van der Waals surface area contributed by atoms with Crippen molar-refractivity contribution >= 4 is 36.3 Å². The molecule has 2 aromatic heterocycles. The Bertz CT molecular complexity index is 427. The highest BCUT2D eigenvalue weighted by Gasteiger charge is 2.04. The van der Waals surface area contributed by atoms with E-state index in [0.29, 0.717) is 18.1 Å². The topological polar surface area (TPSA) is 69.0 Å². The fraction of sp³-hybridized carbons (Fsp3) is 0.300. The summed E-state index contributed by atoms with van der Waals surface area (Å²) in [4.78, 5) is 0. The van der Waals surface area contributed by atoms with Gasteiger partial charge in [0.1, 0.15) is 5.76 Å². The minimum absolute atomic E-state index is 0. The Balaban J connectivity index is 0.00000128. The molecule has 5 nitrogen and oxygen atoms in total. The first-order valence-corrected chi connectivity index (χ1v) is 4.88. The van der Waals surface area contributed by atoms with E-state index in [0.717, 1.165) is 12.3 Å². The smallest absolute Gasteiger partial charge is 0.171 e. The number of nitrogen functional groups attached to an aromatic ring is 1. The molecule has 0 spiro atoms. The van der Waals surface area contributed by atoms with Crippen molar-refractivity contribution in [1.29, 1.82) is 0 Å². The third-order valence-electron chi connectivity index (χ3n) is 2.12. The highest BCUT2D eigenvalue weighted by atomic mass is 35.5. The third kappa shape index (κ3) is 3.87. The van der Waals surface area contributed by atoms with Crippen molar-refractivity contribution < 1.29 is 4.42 Å². The zero-order valence-corrected chi connectivity index (χ0v) is 11.1. The van der Waals surface area contributed by atoms with Gasteiger partial charge in [-0.1, -0.05) is 0 Å². The summed E-state index contributed by atoms with van der Waals surface area (Å²) in [6.07, 6.45) is 3.45. The largest absolute Gasteiger partial charge is 0.467 e. The Hall–Kier alpha value is -1.33. The maximum atomic E-state index is 5.78. The van der Waals surface area contributed by atoms with E-state index in [2.05, 4.69) is 10.4 Å². The quantitative estimate of drug-likeness (QED) is 0.902. The summed E-state index contributed by atoms with van der Waals surface area (Å²) in [5.74, 6) is 1.56. The average Bonchev–Trinajstić information content (AvgIpc) is 2.84. The lowest BCUT2D eigenvalue weighted by Crippen LogP contribution is -2.02. The lowest BCUT2D eigenvalue weighted by Gasteiger charge is -2.00. The SMILES string of the molecule is CCn1cc(N)c(NCc2ccco2)n1.Cl.Cl. The second-order valence-electron chi connectivity index (χ2n) is 3.22. The Kier molecular flexibility index (Phi) is 6.53. The van der Waals surface area contributed by atoms with Gasteiger partial charge in [-0.2, -0.15) is 5.10 Å². The number of hydrogen-bond acceptors (Lipinski definition) is 4. The fourth-order valence-corrected chi connectivity index (χ4v) is 1.32. The van der Waals surface area contributed by atoms with Crippen LogP contribution >= 0.6 is 24.8 Å². The first-order valence-electron chi connectivity index (χ1n) is 4.88. The summed E-state index contributed by atoms with van der Waals surface area (Å²) in [5, 5.41) is 7.39. The lowest BCUT2D eigenvalue weighted by atomic mass is 10.4. The molecule has 0 fully saturated rings. The summed E-state index contributed by atoms with van der Waals surface area (Å²) in [7, 11) is 0. The second-order valence-corrected chi connectivity index (χ2v) is 3.22. The molecule has 2 heterocycles.